The number of rotatable bonds is 11. The molecule has 27 heavy (non-hydrogen) atoms. The quantitative estimate of drug-likeness (QED) is 0.342. The maximum atomic E-state index is 12.3. The molecule has 1 aromatic rings. The topological polar surface area (TPSA) is 79.8 Å². The zero-order chi connectivity index (χ0) is 19.6. The molecule has 1 aliphatic carbocycles. The fraction of sp³-hybridized carbons (Fsp3) is 0.650. The van der Waals surface area contributed by atoms with E-state index in [0.29, 0.717) is 17.9 Å². The number of benzene rings is 1. The highest BCUT2D eigenvalue weighted by Gasteiger charge is 2.36. The lowest BCUT2D eigenvalue weighted by Crippen LogP contribution is -2.40. The summed E-state index contributed by atoms with van der Waals surface area (Å²) in [7, 11) is -1.48. The van der Waals surface area contributed by atoms with Crippen LogP contribution in [0.2, 0.25) is 0 Å². The Hall–Kier alpha value is -1.60. The average molecular weight is 396 g/mol. The van der Waals surface area contributed by atoms with Crippen LogP contribution in [-0.2, 0) is 14.6 Å². The summed E-state index contributed by atoms with van der Waals surface area (Å²) in [5, 5.41) is 6.51. The highest BCUT2D eigenvalue weighted by atomic mass is 32.2. The monoisotopic (exact) mass is 395 g/mol. The first-order valence-corrected chi connectivity index (χ1v) is 11.5. The van der Waals surface area contributed by atoms with Crippen LogP contribution in [0, 0.1) is 5.41 Å². The van der Waals surface area contributed by atoms with Gasteiger partial charge in [0.2, 0.25) is 0 Å². The first kappa shape index (κ1) is 21.7. The summed E-state index contributed by atoms with van der Waals surface area (Å²) in [6.07, 6.45) is 5.25. The van der Waals surface area contributed by atoms with Gasteiger partial charge in [0.25, 0.3) is 0 Å². The Bertz CT molecular complexity index is 686. The molecule has 1 saturated carbocycles. The van der Waals surface area contributed by atoms with Gasteiger partial charge in [-0.25, -0.2) is 8.42 Å². The zero-order valence-electron chi connectivity index (χ0n) is 16.5. The van der Waals surface area contributed by atoms with E-state index in [1.165, 1.54) is 19.3 Å². The Morgan fingerprint density at radius 3 is 2.56 bits per heavy atom. The van der Waals surface area contributed by atoms with Crippen molar-refractivity contribution in [3.05, 3.63) is 30.3 Å². The minimum absolute atomic E-state index is 0.126. The maximum absolute atomic E-state index is 12.3. The van der Waals surface area contributed by atoms with Gasteiger partial charge in [-0.3, -0.25) is 4.99 Å². The van der Waals surface area contributed by atoms with Crippen LogP contribution >= 0.6 is 0 Å². The number of nitrogens with zero attached hydrogens (tertiary/aromatic N) is 1. The number of ether oxygens (including phenoxy) is 1. The Morgan fingerprint density at radius 1 is 1.22 bits per heavy atom. The van der Waals surface area contributed by atoms with Crippen molar-refractivity contribution in [1.29, 1.82) is 0 Å². The van der Waals surface area contributed by atoms with E-state index in [0.717, 1.165) is 32.1 Å². The molecule has 0 amide bonds. The Morgan fingerprint density at radius 2 is 1.96 bits per heavy atom. The standard InChI is InChI=1S/C20H33N3O3S/c1-3-21-19(23-17-20(11-7-12-20)13-15-26-2)22-14-8-16-27(24,25)18-9-5-4-6-10-18/h4-6,9-10H,3,7-8,11-17H2,1-2H3,(H2,21,22,23). The van der Waals surface area contributed by atoms with Crippen molar-refractivity contribution in [2.45, 2.75) is 43.9 Å². The second-order valence-corrected chi connectivity index (χ2v) is 9.31. The molecule has 152 valence electrons. The second-order valence-electron chi connectivity index (χ2n) is 7.20. The number of nitrogens with one attached hydrogen (secondary N) is 2. The highest BCUT2D eigenvalue weighted by Crippen LogP contribution is 2.44. The van der Waals surface area contributed by atoms with Crippen LogP contribution in [0.3, 0.4) is 0 Å². The van der Waals surface area contributed by atoms with Crippen molar-refractivity contribution < 1.29 is 13.2 Å². The van der Waals surface area contributed by atoms with Crippen LogP contribution in [0.25, 0.3) is 0 Å². The Balaban J connectivity index is 1.82. The lowest BCUT2D eigenvalue weighted by molar-refractivity contribution is 0.0778. The number of aliphatic imine (C=N–C) groups is 1. The second kappa shape index (κ2) is 10.7. The molecule has 2 N–H and O–H groups in total. The number of methoxy groups -OCH3 is 1. The molecule has 1 fully saturated rings. The van der Waals surface area contributed by atoms with Gasteiger partial charge in [-0.05, 0) is 50.2 Å². The van der Waals surface area contributed by atoms with Crippen molar-refractivity contribution in [3.8, 4) is 0 Å². The van der Waals surface area contributed by atoms with Gasteiger partial charge in [-0.1, -0.05) is 24.6 Å². The van der Waals surface area contributed by atoms with Crippen LogP contribution in [0.15, 0.2) is 40.2 Å². The molecule has 1 aromatic carbocycles. The molecule has 0 aliphatic heterocycles. The van der Waals surface area contributed by atoms with Gasteiger partial charge in [0.15, 0.2) is 15.8 Å². The molecule has 0 atom stereocenters. The van der Waals surface area contributed by atoms with Crippen molar-refractivity contribution >= 4 is 15.8 Å². The van der Waals surface area contributed by atoms with Gasteiger partial charge in [0, 0.05) is 33.4 Å². The molecule has 1 aliphatic rings. The first-order chi connectivity index (χ1) is 13.0. The lowest BCUT2D eigenvalue weighted by atomic mass is 9.67. The fourth-order valence-corrected chi connectivity index (χ4v) is 4.62. The molecule has 0 heterocycles. The molecular formula is C20H33N3O3S. The minimum Gasteiger partial charge on any atom is -0.385 e. The minimum atomic E-state index is -3.23. The van der Waals surface area contributed by atoms with Crippen molar-refractivity contribution in [1.82, 2.24) is 10.6 Å². The smallest absolute Gasteiger partial charge is 0.191 e. The Labute approximate surface area is 163 Å². The largest absolute Gasteiger partial charge is 0.385 e. The summed E-state index contributed by atoms with van der Waals surface area (Å²) in [4.78, 5) is 5.13. The molecule has 0 spiro atoms. The average Bonchev–Trinajstić information content (AvgIpc) is 2.64. The van der Waals surface area contributed by atoms with Crippen LogP contribution in [0.1, 0.15) is 39.0 Å². The summed E-state index contributed by atoms with van der Waals surface area (Å²) in [5.74, 6) is 0.889. The van der Waals surface area contributed by atoms with Gasteiger partial charge in [-0.15, -0.1) is 0 Å². The number of hydrogen-bond donors (Lipinski definition) is 2. The van der Waals surface area contributed by atoms with Gasteiger partial charge < -0.3 is 15.4 Å². The van der Waals surface area contributed by atoms with E-state index < -0.39 is 9.84 Å². The van der Waals surface area contributed by atoms with E-state index in [2.05, 4.69) is 10.6 Å². The predicted molar refractivity (Wildman–Crippen MR) is 110 cm³/mol. The molecule has 0 aromatic heterocycles. The molecule has 0 radical (unpaired) electrons. The predicted octanol–water partition coefficient (Wildman–Crippen LogP) is 2.61. The summed E-state index contributed by atoms with van der Waals surface area (Å²) < 4.78 is 29.9. The van der Waals surface area contributed by atoms with Crippen molar-refractivity contribution in [2.75, 3.05) is 39.1 Å². The van der Waals surface area contributed by atoms with Crippen LogP contribution in [0.4, 0.5) is 0 Å². The SMILES string of the molecule is CCNC(=NCC1(CCOC)CCC1)NCCCS(=O)(=O)c1ccccc1. The van der Waals surface area contributed by atoms with E-state index in [1.807, 2.05) is 13.0 Å². The number of hydrogen-bond acceptors (Lipinski definition) is 4. The number of sulfone groups is 1. The van der Waals surface area contributed by atoms with Crippen LogP contribution in [0.5, 0.6) is 0 Å². The number of guanidine groups is 1. The summed E-state index contributed by atoms with van der Waals surface area (Å²) in [5.41, 5.74) is 0.273. The molecule has 0 saturated heterocycles. The van der Waals surface area contributed by atoms with Crippen LogP contribution < -0.4 is 10.6 Å². The zero-order valence-corrected chi connectivity index (χ0v) is 17.4. The van der Waals surface area contributed by atoms with Crippen LogP contribution in [-0.4, -0.2) is 53.5 Å². The normalized spacial score (nSPS) is 16.6. The van der Waals surface area contributed by atoms with Gasteiger partial charge in [0.05, 0.1) is 10.6 Å². The van der Waals surface area contributed by atoms with E-state index in [-0.39, 0.29) is 11.2 Å². The Kier molecular flexibility index (Phi) is 8.57. The lowest BCUT2D eigenvalue weighted by Gasteiger charge is -2.40. The highest BCUT2D eigenvalue weighted by molar-refractivity contribution is 7.91. The first-order valence-electron chi connectivity index (χ1n) is 9.80. The fourth-order valence-electron chi connectivity index (χ4n) is 3.29. The van der Waals surface area contributed by atoms with Gasteiger partial charge in [0.1, 0.15) is 0 Å². The molecule has 7 heteroatoms. The maximum Gasteiger partial charge on any atom is 0.191 e. The van der Waals surface area contributed by atoms with Crippen molar-refractivity contribution in [2.24, 2.45) is 10.4 Å². The van der Waals surface area contributed by atoms with E-state index in [4.69, 9.17) is 9.73 Å². The molecular weight excluding hydrogens is 362 g/mol. The summed E-state index contributed by atoms with van der Waals surface area (Å²) in [6.45, 7) is 4.94. The molecule has 0 unspecified atom stereocenters. The summed E-state index contributed by atoms with van der Waals surface area (Å²) in [6, 6.07) is 8.61. The third kappa shape index (κ3) is 6.81. The van der Waals surface area contributed by atoms with Gasteiger partial charge in [-0.2, -0.15) is 0 Å². The summed E-state index contributed by atoms with van der Waals surface area (Å²) >= 11 is 0. The van der Waals surface area contributed by atoms with E-state index in [1.54, 1.807) is 31.4 Å². The molecule has 6 nitrogen and oxygen atoms in total. The van der Waals surface area contributed by atoms with Crippen molar-refractivity contribution in [3.63, 3.8) is 0 Å². The molecule has 0 bridgehead atoms. The van der Waals surface area contributed by atoms with Gasteiger partial charge >= 0.3 is 0 Å². The molecule has 2 rings (SSSR count). The third-order valence-electron chi connectivity index (χ3n) is 5.15. The van der Waals surface area contributed by atoms with E-state index >= 15 is 0 Å². The third-order valence-corrected chi connectivity index (χ3v) is 6.97. The van der Waals surface area contributed by atoms with E-state index in [9.17, 15) is 8.42 Å².